The van der Waals surface area contributed by atoms with Gasteiger partial charge in [0.2, 0.25) is 0 Å². The van der Waals surface area contributed by atoms with Crippen molar-refractivity contribution in [3.8, 4) is 0 Å². The van der Waals surface area contributed by atoms with Gasteiger partial charge < -0.3 is 10.1 Å². The molecule has 2 atom stereocenters. The average Bonchev–Trinajstić information content (AvgIpc) is 2.63. The number of nitrogens with one attached hydrogen (secondary N) is 1. The molecule has 0 saturated heterocycles. The molecule has 1 aliphatic heterocycles. The minimum atomic E-state index is -0.867. The third kappa shape index (κ3) is 1.65. The van der Waals surface area contributed by atoms with Gasteiger partial charge >= 0.3 is 5.97 Å². The van der Waals surface area contributed by atoms with E-state index in [2.05, 4.69) is 10.1 Å². The number of alkyl halides is 1. The summed E-state index contributed by atoms with van der Waals surface area (Å²) in [6.07, 6.45) is 0. The summed E-state index contributed by atoms with van der Waals surface area (Å²) in [5, 5.41) is 2.94. The summed E-state index contributed by atoms with van der Waals surface area (Å²) < 4.78 is 4.41. The van der Waals surface area contributed by atoms with Crippen molar-refractivity contribution in [2.45, 2.75) is 11.4 Å². The predicted octanol–water partition coefficient (Wildman–Crippen LogP) is 1.50. The first kappa shape index (κ1) is 11.0. The zero-order chi connectivity index (χ0) is 11.7. The van der Waals surface area contributed by atoms with E-state index in [-0.39, 0.29) is 0 Å². The van der Waals surface area contributed by atoms with Gasteiger partial charge in [0.1, 0.15) is 5.50 Å². The molecule has 0 aliphatic carbocycles. The van der Waals surface area contributed by atoms with E-state index >= 15 is 0 Å². The van der Waals surface area contributed by atoms with E-state index in [0.29, 0.717) is 0 Å². The number of halogens is 1. The second kappa shape index (κ2) is 4.14. The Morgan fingerprint density at radius 2 is 2.06 bits per heavy atom. The Labute approximate surface area is 97.5 Å². The smallest absolute Gasteiger partial charge is 0.375 e. The number of hydrogen-bond acceptors (Lipinski definition) is 4. The van der Waals surface area contributed by atoms with Crippen molar-refractivity contribution in [3.05, 3.63) is 29.8 Å². The minimum absolute atomic E-state index is 0.607. The highest BCUT2D eigenvalue weighted by Gasteiger charge is 2.39. The zero-order valence-electron chi connectivity index (χ0n) is 8.57. The van der Waals surface area contributed by atoms with Crippen LogP contribution in [0.2, 0.25) is 0 Å². The fraction of sp³-hybridized carbons (Fsp3) is 0.273. The van der Waals surface area contributed by atoms with Gasteiger partial charge in [0.25, 0.3) is 5.78 Å². The summed E-state index contributed by atoms with van der Waals surface area (Å²) >= 11 is 6.00. The highest BCUT2D eigenvalue weighted by molar-refractivity contribution is 6.39. The van der Waals surface area contributed by atoms with Gasteiger partial charge in [-0.15, -0.1) is 0 Å². The van der Waals surface area contributed by atoms with E-state index in [1.807, 2.05) is 12.1 Å². The number of ketones is 1. The Hall–Kier alpha value is -1.55. The van der Waals surface area contributed by atoms with Gasteiger partial charge in [-0.05, 0) is 11.6 Å². The highest BCUT2D eigenvalue weighted by Crippen LogP contribution is 2.38. The lowest BCUT2D eigenvalue weighted by Crippen LogP contribution is -2.28. The van der Waals surface area contributed by atoms with Crippen molar-refractivity contribution >= 4 is 29.0 Å². The van der Waals surface area contributed by atoms with Crippen LogP contribution < -0.4 is 5.32 Å². The van der Waals surface area contributed by atoms with Crippen LogP contribution in [0.3, 0.4) is 0 Å². The van der Waals surface area contributed by atoms with Crippen LogP contribution >= 0.6 is 11.6 Å². The van der Waals surface area contributed by atoms with Gasteiger partial charge in [-0.25, -0.2) is 4.79 Å². The maximum Gasteiger partial charge on any atom is 0.375 e. The number of ether oxygens (including phenoxy) is 1. The van der Waals surface area contributed by atoms with Crippen LogP contribution in [0.5, 0.6) is 0 Å². The molecule has 0 saturated carbocycles. The Morgan fingerprint density at radius 3 is 2.75 bits per heavy atom. The molecule has 0 aromatic heterocycles. The topological polar surface area (TPSA) is 55.4 Å². The molecule has 0 amide bonds. The molecule has 1 heterocycles. The number of fused-ring (bicyclic) bond motifs is 1. The lowest BCUT2D eigenvalue weighted by atomic mass is 9.97. The molecule has 5 heteroatoms. The Kier molecular flexibility index (Phi) is 2.83. The van der Waals surface area contributed by atoms with Gasteiger partial charge in [-0.1, -0.05) is 29.8 Å². The van der Waals surface area contributed by atoms with Crippen LogP contribution in [-0.4, -0.2) is 24.4 Å². The quantitative estimate of drug-likeness (QED) is 0.368. The number of benzene rings is 1. The number of Topliss-reactive ketones (excluding diaryl/α,β-unsaturated/α-hetero) is 1. The summed E-state index contributed by atoms with van der Waals surface area (Å²) in [7, 11) is 1.18. The van der Waals surface area contributed by atoms with Crippen LogP contribution in [0.25, 0.3) is 0 Å². The van der Waals surface area contributed by atoms with E-state index in [4.69, 9.17) is 11.6 Å². The van der Waals surface area contributed by atoms with E-state index in [9.17, 15) is 9.59 Å². The maximum atomic E-state index is 11.8. The first-order valence-corrected chi connectivity index (χ1v) is 5.20. The van der Waals surface area contributed by atoms with Crippen LogP contribution in [0.4, 0.5) is 5.69 Å². The second-order valence-corrected chi connectivity index (χ2v) is 3.94. The lowest BCUT2D eigenvalue weighted by Gasteiger charge is -2.11. The summed E-state index contributed by atoms with van der Waals surface area (Å²) in [6.45, 7) is 0. The molecule has 2 rings (SSSR count). The van der Waals surface area contributed by atoms with Gasteiger partial charge in [0, 0.05) is 5.69 Å². The minimum Gasteiger partial charge on any atom is -0.463 e. The van der Waals surface area contributed by atoms with Crippen molar-refractivity contribution in [3.63, 3.8) is 0 Å². The van der Waals surface area contributed by atoms with Gasteiger partial charge in [0.05, 0.1) is 13.0 Å². The molecule has 16 heavy (non-hydrogen) atoms. The van der Waals surface area contributed by atoms with E-state index in [1.165, 1.54) is 7.11 Å². The third-order valence-corrected chi connectivity index (χ3v) is 2.91. The zero-order valence-corrected chi connectivity index (χ0v) is 9.32. The average molecular weight is 240 g/mol. The molecular weight excluding hydrogens is 230 g/mol. The molecule has 4 nitrogen and oxygen atoms in total. The fourth-order valence-electron chi connectivity index (χ4n) is 1.79. The lowest BCUT2D eigenvalue weighted by molar-refractivity contribution is -0.152. The van der Waals surface area contributed by atoms with Crippen LogP contribution in [0.15, 0.2) is 24.3 Å². The van der Waals surface area contributed by atoms with Gasteiger partial charge in [-0.3, -0.25) is 4.79 Å². The molecule has 84 valence electrons. The number of carbonyl (C=O) groups is 2. The molecule has 0 fully saturated rings. The van der Waals surface area contributed by atoms with Crippen molar-refractivity contribution in [2.24, 2.45) is 0 Å². The Morgan fingerprint density at radius 1 is 1.38 bits per heavy atom. The van der Waals surface area contributed by atoms with E-state index < -0.39 is 23.2 Å². The highest BCUT2D eigenvalue weighted by atomic mass is 35.5. The largest absolute Gasteiger partial charge is 0.463 e. The summed E-state index contributed by atoms with van der Waals surface area (Å²) in [6, 6.07) is 7.22. The number of rotatable bonds is 2. The standard InChI is InChI=1S/C11H10ClNO3/c1-16-11(15)9(14)8-6-4-2-3-5-7(6)13-10(8)12/h2-5,8,10,13H,1H3. The van der Waals surface area contributed by atoms with Crippen LogP contribution in [0, 0.1) is 0 Å². The van der Waals surface area contributed by atoms with Crippen molar-refractivity contribution in [1.29, 1.82) is 0 Å². The summed E-state index contributed by atoms with van der Waals surface area (Å²) in [5.41, 5.74) is 0.909. The molecule has 0 bridgehead atoms. The van der Waals surface area contributed by atoms with Crippen molar-refractivity contribution < 1.29 is 14.3 Å². The molecule has 0 spiro atoms. The molecule has 1 N–H and O–H groups in total. The monoisotopic (exact) mass is 239 g/mol. The number of esters is 1. The Bertz CT molecular complexity index is 447. The molecular formula is C11H10ClNO3. The first-order valence-electron chi connectivity index (χ1n) is 4.77. The molecule has 1 aliphatic rings. The SMILES string of the molecule is COC(=O)C(=O)C1c2ccccc2NC1Cl. The number of hydrogen-bond donors (Lipinski definition) is 1. The van der Waals surface area contributed by atoms with Crippen molar-refractivity contribution in [1.82, 2.24) is 0 Å². The second-order valence-electron chi connectivity index (χ2n) is 3.47. The number of anilines is 1. The van der Waals surface area contributed by atoms with Crippen LogP contribution in [0.1, 0.15) is 11.5 Å². The van der Waals surface area contributed by atoms with Crippen LogP contribution in [-0.2, 0) is 14.3 Å². The summed E-state index contributed by atoms with van der Waals surface area (Å²) in [5.74, 6) is -2.17. The Balaban J connectivity index is 2.36. The molecule has 1 aromatic carbocycles. The van der Waals surface area contributed by atoms with E-state index in [0.717, 1.165) is 11.3 Å². The molecule has 2 unspecified atom stereocenters. The van der Waals surface area contributed by atoms with Gasteiger partial charge in [-0.2, -0.15) is 0 Å². The number of methoxy groups -OCH3 is 1. The third-order valence-electron chi connectivity index (χ3n) is 2.55. The normalized spacial score (nSPS) is 22.1. The molecule has 1 aromatic rings. The van der Waals surface area contributed by atoms with Crippen molar-refractivity contribution in [2.75, 3.05) is 12.4 Å². The number of carbonyl (C=O) groups excluding carboxylic acids is 2. The fourth-order valence-corrected chi connectivity index (χ4v) is 2.16. The number of para-hydroxylation sites is 1. The maximum absolute atomic E-state index is 11.8. The van der Waals surface area contributed by atoms with Gasteiger partial charge in [0.15, 0.2) is 0 Å². The predicted molar refractivity (Wildman–Crippen MR) is 59.5 cm³/mol. The van der Waals surface area contributed by atoms with E-state index in [1.54, 1.807) is 12.1 Å². The first-order chi connectivity index (χ1) is 7.65. The summed E-state index contributed by atoms with van der Waals surface area (Å²) in [4.78, 5) is 22.9. The molecule has 0 radical (unpaired) electrons.